The van der Waals surface area contributed by atoms with E-state index in [1.807, 2.05) is 7.05 Å². The number of likely N-dealkylation sites (N-methyl/N-ethyl adjacent to an activating group) is 1. The Balaban J connectivity index is 0.00000625. The van der Waals surface area contributed by atoms with E-state index in [4.69, 9.17) is 0 Å². The molecule has 156 valence electrons. The first-order valence-corrected chi connectivity index (χ1v) is 10.5. The molecule has 26 heavy (non-hydrogen) atoms. The molecule has 0 radical (unpaired) electrons. The summed E-state index contributed by atoms with van der Waals surface area (Å²) in [6.45, 7) is 17.5. The summed E-state index contributed by atoms with van der Waals surface area (Å²) in [6.07, 6.45) is 6.28. The number of piperazine rings is 1. The van der Waals surface area contributed by atoms with Gasteiger partial charge in [0.15, 0.2) is 5.96 Å². The van der Waals surface area contributed by atoms with Gasteiger partial charge in [-0.25, -0.2) is 0 Å². The smallest absolute Gasteiger partial charge is 0.191 e. The molecule has 1 atom stereocenters. The van der Waals surface area contributed by atoms with Gasteiger partial charge in [0.1, 0.15) is 0 Å². The van der Waals surface area contributed by atoms with Crippen molar-refractivity contribution in [3.63, 3.8) is 0 Å². The predicted octanol–water partition coefficient (Wildman–Crippen LogP) is 3.40. The minimum absolute atomic E-state index is 0. The van der Waals surface area contributed by atoms with Crippen LogP contribution in [0.2, 0.25) is 0 Å². The minimum Gasteiger partial charge on any atom is -0.356 e. The molecule has 1 rings (SSSR count). The summed E-state index contributed by atoms with van der Waals surface area (Å²) < 4.78 is 0. The summed E-state index contributed by atoms with van der Waals surface area (Å²) in [6, 6.07) is 0.486. The Bertz CT molecular complexity index is 354. The van der Waals surface area contributed by atoms with Gasteiger partial charge >= 0.3 is 0 Å². The molecule has 0 aromatic carbocycles. The van der Waals surface area contributed by atoms with Crippen molar-refractivity contribution in [2.24, 2.45) is 10.9 Å². The van der Waals surface area contributed by atoms with Crippen molar-refractivity contribution < 1.29 is 0 Å². The van der Waals surface area contributed by atoms with E-state index in [1.54, 1.807) is 0 Å². The molecule has 0 spiro atoms. The Morgan fingerprint density at radius 2 is 1.62 bits per heavy atom. The molecule has 1 aliphatic rings. The third kappa shape index (κ3) is 12.3. The van der Waals surface area contributed by atoms with Crippen LogP contribution in [0, 0.1) is 5.92 Å². The molecule has 1 aliphatic heterocycles. The molecule has 0 saturated carbocycles. The molecule has 1 fully saturated rings. The van der Waals surface area contributed by atoms with Crippen molar-refractivity contribution in [2.45, 2.75) is 65.8 Å². The maximum Gasteiger partial charge on any atom is 0.191 e. The number of rotatable bonds is 11. The fourth-order valence-electron chi connectivity index (χ4n) is 3.33. The molecule has 1 unspecified atom stereocenters. The zero-order valence-corrected chi connectivity index (χ0v) is 20.2. The van der Waals surface area contributed by atoms with Gasteiger partial charge in [0, 0.05) is 45.8 Å². The van der Waals surface area contributed by atoms with Crippen molar-refractivity contribution >= 4 is 29.9 Å². The van der Waals surface area contributed by atoms with Crippen LogP contribution in [-0.4, -0.2) is 74.7 Å². The SMILES string of the molecule is CCN1CCN(CCCCNC(=NC)NC(C)CCCC(C)C)CC1.I. The van der Waals surface area contributed by atoms with Gasteiger partial charge in [-0.05, 0) is 45.2 Å². The number of guanidine groups is 1. The third-order valence-corrected chi connectivity index (χ3v) is 5.13. The Kier molecular flexibility index (Phi) is 15.9. The van der Waals surface area contributed by atoms with Gasteiger partial charge in [-0.3, -0.25) is 4.99 Å². The molecule has 6 heteroatoms. The van der Waals surface area contributed by atoms with Crippen LogP contribution in [0.25, 0.3) is 0 Å². The number of nitrogens with one attached hydrogen (secondary N) is 2. The Morgan fingerprint density at radius 1 is 0.962 bits per heavy atom. The van der Waals surface area contributed by atoms with Crippen LogP contribution in [0.15, 0.2) is 4.99 Å². The summed E-state index contributed by atoms with van der Waals surface area (Å²) >= 11 is 0. The van der Waals surface area contributed by atoms with Crippen molar-refractivity contribution in [2.75, 3.05) is 52.9 Å². The second-order valence-electron chi connectivity index (χ2n) is 7.85. The monoisotopic (exact) mass is 481 g/mol. The van der Waals surface area contributed by atoms with Gasteiger partial charge in [0.05, 0.1) is 0 Å². The number of hydrogen-bond acceptors (Lipinski definition) is 3. The van der Waals surface area contributed by atoms with Gasteiger partial charge in [-0.1, -0.05) is 33.6 Å². The van der Waals surface area contributed by atoms with Crippen LogP contribution in [0.4, 0.5) is 0 Å². The van der Waals surface area contributed by atoms with E-state index < -0.39 is 0 Å². The topological polar surface area (TPSA) is 42.9 Å². The zero-order valence-electron chi connectivity index (χ0n) is 17.9. The van der Waals surface area contributed by atoms with E-state index in [0.717, 1.165) is 18.4 Å². The summed E-state index contributed by atoms with van der Waals surface area (Å²) in [4.78, 5) is 9.50. The van der Waals surface area contributed by atoms with Gasteiger partial charge in [-0.2, -0.15) is 0 Å². The molecule has 2 N–H and O–H groups in total. The third-order valence-electron chi connectivity index (χ3n) is 5.13. The Labute approximate surface area is 179 Å². The highest BCUT2D eigenvalue weighted by molar-refractivity contribution is 14.0. The van der Waals surface area contributed by atoms with Gasteiger partial charge in [0.2, 0.25) is 0 Å². The molecule has 0 amide bonds. The van der Waals surface area contributed by atoms with Crippen LogP contribution in [-0.2, 0) is 0 Å². The first kappa shape index (κ1) is 25.9. The standard InChI is InChI=1S/C20H43N5.HI/c1-6-24-14-16-25(17-15-24)13-8-7-12-22-20(21-5)23-19(4)11-9-10-18(2)3;/h18-19H,6-17H2,1-5H3,(H2,21,22,23);1H. The fourth-order valence-corrected chi connectivity index (χ4v) is 3.33. The highest BCUT2D eigenvalue weighted by atomic mass is 127. The first-order valence-electron chi connectivity index (χ1n) is 10.5. The van der Waals surface area contributed by atoms with Gasteiger partial charge < -0.3 is 20.4 Å². The number of aliphatic imine (C=N–C) groups is 1. The van der Waals surface area contributed by atoms with E-state index in [9.17, 15) is 0 Å². The highest BCUT2D eigenvalue weighted by Crippen LogP contribution is 2.08. The molecule has 5 nitrogen and oxygen atoms in total. The highest BCUT2D eigenvalue weighted by Gasteiger charge is 2.14. The van der Waals surface area contributed by atoms with E-state index >= 15 is 0 Å². The first-order chi connectivity index (χ1) is 12.0. The molecular weight excluding hydrogens is 437 g/mol. The van der Waals surface area contributed by atoms with Crippen LogP contribution in [0.3, 0.4) is 0 Å². The lowest BCUT2D eigenvalue weighted by atomic mass is 10.0. The Hall–Kier alpha value is -0.0800. The molecular formula is C20H44IN5. The number of halogens is 1. The largest absolute Gasteiger partial charge is 0.356 e. The number of unbranched alkanes of at least 4 members (excludes halogenated alkanes) is 1. The fraction of sp³-hybridized carbons (Fsp3) is 0.950. The van der Waals surface area contributed by atoms with Gasteiger partial charge in [-0.15, -0.1) is 24.0 Å². The van der Waals surface area contributed by atoms with E-state index in [0.29, 0.717) is 6.04 Å². The van der Waals surface area contributed by atoms with E-state index in [2.05, 4.69) is 53.1 Å². The van der Waals surface area contributed by atoms with Crippen molar-refractivity contribution in [1.29, 1.82) is 0 Å². The molecule has 0 aromatic rings. The normalized spacial score (nSPS) is 17.8. The summed E-state index contributed by atoms with van der Waals surface area (Å²) in [5, 5.41) is 6.98. The Morgan fingerprint density at radius 3 is 2.19 bits per heavy atom. The minimum atomic E-state index is 0. The van der Waals surface area contributed by atoms with Crippen molar-refractivity contribution in [3.05, 3.63) is 0 Å². The lowest BCUT2D eigenvalue weighted by molar-refractivity contribution is 0.136. The maximum atomic E-state index is 4.35. The average molecular weight is 482 g/mol. The van der Waals surface area contributed by atoms with Crippen LogP contribution < -0.4 is 10.6 Å². The lowest BCUT2D eigenvalue weighted by Crippen LogP contribution is -2.46. The molecule has 1 saturated heterocycles. The zero-order chi connectivity index (χ0) is 18.5. The quantitative estimate of drug-likeness (QED) is 0.206. The van der Waals surface area contributed by atoms with E-state index in [1.165, 1.54) is 71.4 Å². The lowest BCUT2D eigenvalue weighted by Gasteiger charge is -2.34. The summed E-state index contributed by atoms with van der Waals surface area (Å²) in [5.74, 6) is 1.75. The van der Waals surface area contributed by atoms with Crippen LogP contribution in [0.5, 0.6) is 0 Å². The van der Waals surface area contributed by atoms with Crippen molar-refractivity contribution in [1.82, 2.24) is 20.4 Å². The van der Waals surface area contributed by atoms with Crippen molar-refractivity contribution in [3.8, 4) is 0 Å². The second kappa shape index (κ2) is 15.9. The molecule has 0 bridgehead atoms. The summed E-state index contributed by atoms with van der Waals surface area (Å²) in [7, 11) is 1.86. The second-order valence-corrected chi connectivity index (χ2v) is 7.85. The van der Waals surface area contributed by atoms with E-state index in [-0.39, 0.29) is 24.0 Å². The van der Waals surface area contributed by atoms with Gasteiger partial charge in [0.25, 0.3) is 0 Å². The van der Waals surface area contributed by atoms with Crippen LogP contribution >= 0.6 is 24.0 Å². The van der Waals surface area contributed by atoms with Crippen LogP contribution in [0.1, 0.15) is 59.8 Å². The predicted molar refractivity (Wildman–Crippen MR) is 126 cm³/mol. The number of nitrogens with zero attached hydrogens (tertiary/aromatic N) is 3. The molecule has 0 aromatic heterocycles. The molecule has 0 aliphatic carbocycles. The molecule has 1 heterocycles. The number of hydrogen-bond donors (Lipinski definition) is 2. The summed E-state index contributed by atoms with van der Waals surface area (Å²) in [5.41, 5.74) is 0. The average Bonchev–Trinajstić information content (AvgIpc) is 2.60. The maximum absolute atomic E-state index is 4.35.